The first kappa shape index (κ1) is 20.4. The fraction of sp³-hybridized carbons (Fsp3) is 0.227. The Morgan fingerprint density at radius 1 is 1.10 bits per heavy atom. The van der Waals surface area contributed by atoms with Crippen molar-refractivity contribution in [1.82, 2.24) is 10.3 Å². The highest BCUT2D eigenvalue weighted by molar-refractivity contribution is 8.14. The Labute approximate surface area is 183 Å². The van der Waals surface area contributed by atoms with E-state index >= 15 is 0 Å². The molecule has 0 unspecified atom stereocenters. The molecule has 2 heterocycles. The molecule has 0 saturated heterocycles. The number of nitrogens with zero attached hydrogens (tertiary/aromatic N) is 2. The Morgan fingerprint density at radius 3 is 2.53 bits per heavy atom. The largest absolute Gasteiger partial charge is 0.489 e. The summed E-state index contributed by atoms with van der Waals surface area (Å²) in [5.74, 6) is 1.77. The van der Waals surface area contributed by atoms with Crippen LogP contribution < -0.4 is 14.8 Å². The SMILES string of the molecule is Cc1nc(COc2cc(OCc3ccccc3)cc(C(=O)NC3=NCCS3)c2)cs1. The van der Waals surface area contributed by atoms with Gasteiger partial charge in [-0.1, -0.05) is 42.1 Å². The van der Waals surface area contributed by atoms with Crippen molar-refractivity contribution in [2.75, 3.05) is 12.3 Å². The van der Waals surface area contributed by atoms with E-state index in [0.29, 0.717) is 35.4 Å². The second kappa shape index (κ2) is 9.77. The maximum atomic E-state index is 12.7. The van der Waals surface area contributed by atoms with Crippen molar-refractivity contribution in [2.24, 2.45) is 4.99 Å². The molecule has 0 radical (unpaired) electrons. The highest BCUT2D eigenvalue weighted by atomic mass is 32.2. The summed E-state index contributed by atoms with van der Waals surface area (Å²) in [7, 11) is 0. The van der Waals surface area contributed by atoms with Crippen LogP contribution >= 0.6 is 23.1 Å². The van der Waals surface area contributed by atoms with E-state index in [9.17, 15) is 4.79 Å². The van der Waals surface area contributed by atoms with Crippen LogP contribution in [0.5, 0.6) is 11.5 Å². The highest BCUT2D eigenvalue weighted by Gasteiger charge is 2.15. The summed E-state index contributed by atoms with van der Waals surface area (Å²) in [6.07, 6.45) is 0. The van der Waals surface area contributed by atoms with E-state index in [1.807, 2.05) is 42.6 Å². The first-order valence-corrected chi connectivity index (χ1v) is 11.4. The Hall–Kier alpha value is -2.84. The summed E-state index contributed by atoms with van der Waals surface area (Å²) in [4.78, 5) is 21.4. The van der Waals surface area contributed by atoms with E-state index in [1.165, 1.54) is 11.8 Å². The summed E-state index contributed by atoms with van der Waals surface area (Å²) < 4.78 is 11.8. The fourth-order valence-electron chi connectivity index (χ4n) is 2.82. The summed E-state index contributed by atoms with van der Waals surface area (Å²) in [6, 6.07) is 15.1. The molecule has 0 aliphatic carbocycles. The van der Waals surface area contributed by atoms with Crippen LogP contribution in [-0.2, 0) is 13.2 Å². The van der Waals surface area contributed by atoms with E-state index in [1.54, 1.807) is 29.5 Å². The molecule has 4 rings (SSSR count). The smallest absolute Gasteiger partial charge is 0.257 e. The number of nitrogens with one attached hydrogen (secondary N) is 1. The fourth-order valence-corrected chi connectivity index (χ4v) is 4.14. The second-order valence-corrected chi connectivity index (χ2v) is 8.75. The first-order valence-electron chi connectivity index (χ1n) is 9.50. The van der Waals surface area contributed by atoms with Gasteiger partial charge in [0.25, 0.3) is 5.91 Å². The molecule has 1 amide bonds. The molecule has 0 atom stereocenters. The number of hydrogen-bond donors (Lipinski definition) is 1. The van der Waals surface area contributed by atoms with Crippen molar-refractivity contribution < 1.29 is 14.3 Å². The van der Waals surface area contributed by atoms with Crippen LogP contribution in [0.1, 0.15) is 26.6 Å². The number of rotatable bonds is 7. The minimum absolute atomic E-state index is 0.234. The third-order valence-electron chi connectivity index (χ3n) is 4.25. The summed E-state index contributed by atoms with van der Waals surface area (Å²) in [5.41, 5.74) is 2.36. The normalized spacial score (nSPS) is 13.0. The van der Waals surface area contributed by atoms with Crippen molar-refractivity contribution in [3.8, 4) is 11.5 Å². The molecule has 0 fully saturated rings. The molecule has 154 valence electrons. The van der Waals surface area contributed by atoms with Crippen LogP contribution in [0.15, 0.2) is 58.9 Å². The number of amides is 1. The van der Waals surface area contributed by atoms with Gasteiger partial charge in [-0.3, -0.25) is 9.79 Å². The maximum Gasteiger partial charge on any atom is 0.257 e. The van der Waals surface area contributed by atoms with Crippen LogP contribution in [0, 0.1) is 6.92 Å². The molecular formula is C22H21N3O3S2. The third kappa shape index (κ3) is 5.61. The summed E-state index contributed by atoms with van der Waals surface area (Å²) >= 11 is 3.12. The Morgan fingerprint density at radius 2 is 1.87 bits per heavy atom. The zero-order valence-corrected chi connectivity index (χ0v) is 18.1. The van der Waals surface area contributed by atoms with Gasteiger partial charge in [0.05, 0.1) is 17.2 Å². The predicted molar refractivity (Wildman–Crippen MR) is 121 cm³/mol. The van der Waals surface area contributed by atoms with E-state index in [-0.39, 0.29) is 5.91 Å². The van der Waals surface area contributed by atoms with Crippen LogP contribution in [0.3, 0.4) is 0 Å². The minimum atomic E-state index is -0.234. The van der Waals surface area contributed by atoms with Gasteiger partial charge in [-0.15, -0.1) is 11.3 Å². The molecule has 0 bridgehead atoms. The number of carbonyl (C=O) groups excluding carboxylic acids is 1. The van der Waals surface area contributed by atoms with Gasteiger partial charge in [0.2, 0.25) is 0 Å². The minimum Gasteiger partial charge on any atom is -0.489 e. The lowest BCUT2D eigenvalue weighted by Crippen LogP contribution is -2.27. The molecule has 1 aliphatic heterocycles. The van der Waals surface area contributed by atoms with Crippen LogP contribution in [0.2, 0.25) is 0 Å². The highest BCUT2D eigenvalue weighted by Crippen LogP contribution is 2.25. The number of ether oxygens (including phenoxy) is 2. The topological polar surface area (TPSA) is 72.8 Å². The molecule has 6 nitrogen and oxygen atoms in total. The molecule has 0 spiro atoms. The number of aryl methyl sites for hydroxylation is 1. The van der Waals surface area contributed by atoms with Gasteiger partial charge < -0.3 is 14.8 Å². The molecule has 1 aromatic heterocycles. The zero-order valence-electron chi connectivity index (χ0n) is 16.5. The molecule has 3 aromatic rings. The first-order chi connectivity index (χ1) is 14.7. The van der Waals surface area contributed by atoms with Crippen LogP contribution in [0.25, 0.3) is 0 Å². The van der Waals surface area contributed by atoms with Crippen LogP contribution in [0.4, 0.5) is 0 Å². The standard InChI is InChI=1S/C22H21N3O3S2/c1-15-24-18(14-30-15)13-28-20-10-17(21(26)25-22-23-7-8-29-22)9-19(11-20)27-12-16-5-3-2-4-6-16/h2-6,9-11,14H,7-8,12-13H2,1H3,(H,23,25,26). The Bertz CT molecular complexity index is 1050. The van der Waals surface area contributed by atoms with E-state index in [4.69, 9.17) is 9.47 Å². The molecular weight excluding hydrogens is 418 g/mol. The van der Waals surface area contributed by atoms with E-state index < -0.39 is 0 Å². The van der Waals surface area contributed by atoms with Gasteiger partial charge in [0.1, 0.15) is 24.7 Å². The zero-order chi connectivity index (χ0) is 20.8. The Balaban J connectivity index is 1.51. The van der Waals surface area contributed by atoms with Crippen molar-refractivity contribution in [3.63, 3.8) is 0 Å². The predicted octanol–water partition coefficient (Wildman–Crippen LogP) is 4.44. The van der Waals surface area contributed by atoms with Gasteiger partial charge in [-0.2, -0.15) is 0 Å². The van der Waals surface area contributed by atoms with E-state index in [2.05, 4.69) is 15.3 Å². The number of aromatic nitrogens is 1. The number of benzene rings is 2. The lowest BCUT2D eigenvalue weighted by atomic mass is 10.2. The number of carbonyl (C=O) groups is 1. The van der Waals surface area contributed by atoms with Crippen molar-refractivity contribution in [3.05, 3.63) is 75.7 Å². The van der Waals surface area contributed by atoms with Gasteiger partial charge in [-0.05, 0) is 24.6 Å². The number of thioether (sulfide) groups is 1. The Kier molecular flexibility index (Phi) is 6.66. The monoisotopic (exact) mass is 439 g/mol. The number of amidine groups is 1. The number of aliphatic imine (C=N–C) groups is 1. The lowest BCUT2D eigenvalue weighted by Gasteiger charge is -2.12. The third-order valence-corrected chi connectivity index (χ3v) is 5.96. The second-order valence-electron chi connectivity index (χ2n) is 6.60. The van der Waals surface area contributed by atoms with E-state index in [0.717, 1.165) is 28.6 Å². The molecule has 30 heavy (non-hydrogen) atoms. The summed E-state index contributed by atoms with van der Waals surface area (Å²) in [5, 5.41) is 6.46. The quantitative estimate of drug-likeness (QED) is 0.589. The number of hydrogen-bond acceptors (Lipinski definition) is 7. The molecule has 8 heteroatoms. The molecule has 1 aliphatic rings. The van der Waals surface area contributed by atoms with Crippen molar-refractivity contribution >= 4 is 34.2 Å². The van der Waals surface area contributed by atoms with Gasteiger partial charge in [0.15, 0.2) is 5.17 Å². The molecule has 2 aromatic carbocycles. The molecule has 0 saturated carbocycles. The van der Waals surface area contributed by atoms with Crippen LogP contribution in [-0.4, -0.2) is 28.4 Å². The number of thiazole rings is 1. The van der Waals surface area contributed by atoms with Gasteiger partial charge in [-0.25, -0.2) is 4.98 Å². The van der Waals surface area contributed by atoms with Crippen molar-refractivity contribution in [2.45, 2.75) is 20.1 Å². The average molecular weight is 440 g/mol. The average Bonchev–Trinajstić information content (AvgIpc) is 3.43. The maximum absolute atomic E-state index is 12.7. The van der Waals surface area contributed by atoms with Gasteiger partial charge in [0, 0.05) is 22.8 Å². The lowest BCUT2D eigenvalue weighted by molar-refractivity contribution is 0.0977. The molecule has 1 N–H and O–H groups in total. The van der Waals surface area contributed by atoms with Crippen molar-refractivity contribution in [1.29, 1.82) is 0 Å². The van der Waals surface area contributed by atoms with Gasteiger partial charge >= 0.3 is 0 Å². The summed E-state index contributed by atoms with van der Waals surface area (Å²) in [6.45, 7) is 3.41.